The van der Waals surface area contributed by atoms with Gasteiger partial charge in [-0.1, -0.05) is 24.2 Å². The molecule has 0 saturated carbocycles. The molecule has 38 heavy (non-hydrogen) atoms. The van der Waals surface area contributed by atoms with Crippen LogP contribution in [0.3, 0.4) is 0 Å². The maximum atomic E-state index is 14.2. The highest BCUT2D eigenvalue weighted by atomic mass is 19.1. The molecule has 0 unspecified atom stereocenters. The number of halogens is 1. The summed E-state index contributed by atoms with van der Waals surface area (Å²) < 4.78 is 19.5. The van der Waals surface area contributed by atoms with Crippen LogP contribution in [0.4, 0.5) is 10.1 Å². The Balaban J connectivity index is 1.37. The summed E-state index contributed by atoms with van der Waals surface area (Å²) in [4.78, 5) is 27.9. The van der Waals surface area contributed by atoms with E-state index in [1.807, 2.05) is 51.1 Å². The summed E-state index contributed by atoms with van der Waals surface area (Å²) in [6.07, 6.45) is 0. The lowest BCUT2D eigenvalue weighted by Crippen LogP contribution is -2.49. The fourth-order valence-corrected chi connectivity index (χ4v) is 4.48. The third-order valence-electron chi connectivity index (χ3n) is 6.75. The zero-order chi connectivity index (χ0) is 27.2. The molecule has 2 amide bonds. The number of anilines is 1. The van der Waals surface area contributed by atoms with Crippen LogP contribution in [0.25, 0.3) is 11.3 Å². The Kier molecular flexibility index (Phi) is 8.75. The fraction of sp³-hybridized carbons (Fsp3) is 0.393. The van der Waals surface area contributed by atoms with Crippen molar-refractivity contribution in [2.75, 3.05) is 45.1 Å². The number of amides is 2. The molecule has 9 nitrogen and oxygen atoms in total. The van der Waals surface area contributed by atoms with E-state index in [1.165, 1.54) is 11.1 Å². The molecule has 0 radical (unpaired) electrons. The van der Waals surface area contributed by atoms with E-state index >= 15 is 0 Å². The van der Waals surface area contributed by atoms with Crippen LogP contribution in [0.2, 0.25) is 0 Å². The molecule has 2 aromatic carbocycles. The van der Waals surface area contributed by atoms with Gasteiger partial charge in [-0.15, -0.1) is 0 Å². The quantitative estimate of drug-likeness (QED) is 0.373. The lowest BCUT2D eigenvalue weighted by molar-refractivity contribution is -0.151. The van der Waals surface area contributed by atoms with Crippen molar-refractivity contribution < 1.29 is 18.5 Å². The number of hydrogen-bond donors (Lipinski definition) is 2. The van der Waals surface area contributed by atoms with E-state index in [0.717, 1.165) is 34.6 Å². The average molecular weight is 523 g/mol. The van der Waals surface area contributed by atoms with Crippen LogP contribution in [0.1, 0.15) is 29.3 Å². The summed E-state index contributed by atoms with van der Waals surface area (Å²) in [7, 11) is 1.66. The molecule has 0 aliphatic carbocycles. The molecule has 0 atom stereocenters. The normalized spacial score (nSPS) is 12.9. The minimum atomic E-state index is -0.265. The molecule has 0 fully saturated rings. The van der Waals surface area contributed by atoms with Crippen LogP contribution in [0, 0.1) is 19.7 Å². The summed E-state index contributed by atoms with van der Waals surface area (Å²) in [5.74, 6) is 0.00798. The van der Waals surface area contributed by atoms with Crippen molar-refractivity contribution in [2.24, 2.45) is 0 Å². The van der Waals surface area contributed by atoms with E-state index in [0.29, 0.717) is 37.5 Å². The summed E-state index contributed by atoms with van der Waals surface area (Å²) in [5.41, 5.74) is 4.98. The molecular weight excluding hydrogens is 487 g/mol. The highest BCUT2D eigenvalue weighted by molar-refractivity contribution is 5.87. The Morgan fingerprint density at radius 3 is 2.63 bits per heavy atom. The van der Waals surface area contributed by atoms with Crippen LogP contribution in [0.5, 0.6) is 0 Å². The molecule has 1 aromatic heterocycles. The topological polar surface area (TPSA) is 94.0 Å². The second kappa shape index (κ2) is 12.2. The van der Waals surface area contributed by atoms with Gasteiger partial charge in [0.25, 0.3) is 5.91 Å². The first-order valence-electron chi connectivity index (χ1n) is 12.8. The summed E-state index contributed by atoms with van der Waals surface area (Å²) >= 11 is 0. The molecule has 4 rings (SSSR count). The molecule has 10 heteroatoms. The van der Waals surface area contributed by atoms with Gasteiger partial charge >= 0.3 is 0 Å². The van der Waals surface area contributed by atoms with Gasteiger partial charge in [0, 0.05) is 56.1 Å². The molecule has 3 aromatic rings. The third-order valence-corrected chi connectivity index (χ3v) is 6.75. The number of rotatable bonds is 11. The van der Waals surface area contributed by atoms with Crippen LogP contribution < -0.4 is 10.6 Å². The number of likely N-dealkylation sites (N-methyl/N-ethyl adjacent to an activating group) is 2. The van der Waals surface area contributed by atoms with Crippen LogP contribution in [-0.2, 0) is 22.7 Å². The number of nitrogens with zero attached hydrogens (tertiary/aromatic N) is 4. The second-order valence-electron chi connectivity index (χ2n) is 9.50. The largest absolute Gasteiger partial charge is 0.376 e. The van der Waals surface area contributed by atoms with Crippen LogP contribution >= 0.6 is 0 Å². The Bertz CT molecular complexity index is 1290. The van der Waals surface area contributed by atoms with Crippen molar-refractivity contribution in [1.82, 2.24) is 25.4 Å². The summed E-state index contributed by atoms with van der Waals surface area (Å²) in [6, 6.07) is 12.7. The zero-order valence-electron chi connectivity index (χ0n) is 22.4. The molecule has 0 saturated heterocycles. The number of benzene rings is 2. The van der Waals surface area contributed by atoms with Gasteiger partial charge in [0.2, 0.25) is 5.91 Å². The van der Waals surface area contributed by atoms with Crippen molar-refractivity contribution >= 4 is 17.5 Å². The van der Waals surface area contributed by atoms with Crippen molar-refractivity contribution in [3.63, 3.8) is 0 Å². The summed E-state index contributed by atoms with van der Waals surface area (Å²) in [5, 5.41) is 13.6. The number of hydrogen-bond acceptors (Lipinski definition) is 7. The van der Waals surface area contributed by atoms with Crippen molar-refractivity contribution in [2.45, 2.75) is 33.9 Å². The number of carbonyl (C=O) groups excluding carboxylic acids is 2. The standard InChI is InChI=1S/C28H35FN6O3/c1-5-30-11-12-34(18-28(37)33(4)35-16-22-7-6-8-24(29)23(22)17-35)27(36)15-31-25-10-9-21(13-19(25)2)26-14-20(3)32-38-26/h6-10,13-14,30-31H,5,11-12,15-18H2,1-4H3. The number of aryl methyl sites for hydroxylation is 2. The van der Waals surface area contributed by atoms with E-state index in [2.05, 4.69) is 15.8 Å². The van der Waals surface area contributed by atoms with Crippen molar-refractivity contribution in [3.05, 3.63) is 70.7 Å². The lowest BCUT2D eigenvalue weighted by atomic mass is 10.1. The first kappa shape index (κ1) is 27.3. The molecule has 1 aliphatic heterocycles. The molecule has 2 N–H and O–H groups in total. The number of hydrazine groups is 1. The van der Waals surface area contributed by atoms with Crippen molar-refractivity contribution in [1.29, 1.82) is 0 Å². The maximum absolute atomic E-state index is 14.2. The number of aromatic nitrogens is 1. The molecule has 0 bridgehead atoms. The molecule has 0 spiro atoms. The number of carbonyl (C=O) groups is 2. The minimum Gasteiger partial charge on any atom is -0.376 e. The molecule has 202 valence electrons. The predicted octanol–water partition coefficient (Wildman–Crippen LogP) is 3.34. The van der Waals surface area contributed by atoms with Crippen LogP contribution in [-0.4, -0.2) is 71.7 Å². The van der Waals surface area contributed by atoms with Crippen molar-refractivity contribution in [3.8, 4) is 11.3 Å². The second-order valence-corrected chi connectivity index (χ2v) is 9.50. The van der Waals surface area contributed by atoms with Crippen LogP contribution in [0.15, 0.2) is 47.0 Å². The van der Waals surface area contributed by atoms with E-state index in [9.17, 15) is 14.0 Å². The van der Waals surface area contributed by atoms with Gasteiger partial charge < -0.3 is 20.1 Å². The summed E-state index contributed by atoms with van der Waals surface area (Å²) in [6.45, 7) is 8.30. The van der Waals surface area contributed by atoms with E-state index in [4.69, 9.17) is 4.52 Å². The zero-order valence-corrected chi connectivity index (χ0v) is 22.4. The third kappa shape index (κ3) is 6.38. The monoisotopic (exact) mass is 522 g/mol. The average Bonchev–Trinajstić information content (AvgIpc) is 3.54. The van der Waals surface area contributed by atoms with Gasteiger partial charge in [0.1, 0.15) is 12.4 Å². The maximum Gasteiger partial charge on any atom is 0.256 e. The van der Waals surface area contributed by atoms with E-state index in [-0.39, 0.29) is 30.7 Å². The van der Waals surface area contributed by atoms with Gasteiger partial charge in [0.15, 0.2) is 5.76 Å². The van der Waals surface area contributed by atoms with Gasteiger partial charge in [-0.2, -0.15) is 0 Å². The number of nitrogens with one attached hydrogen (secondary N) is 2. The lowest BCUT2D eigenvalue weighted by Gasteiger charge is -2.31. The minimum absolute atomic E-state index is 0.0467. The number of fused-ring (bicyclic) bond motifs is 1. The van der Waals surface area contributed by atoms with Gasteiger partial charge in [-0.25, -0.2) is 9.40 Å². The predicted molar refractivity (Wildman–Crippen MR) is 143 cm³/mol. The Labute approximate surface area is 222 Å². The SMILES string of the molecule is CCNCCN(CC(=O)N(C)N1Cc2cccc(F)c2C1)C(=O)CNc1ccc(-c2cc(C)no2)cc1C. The highest BCUT2D eigenvalue weighted by Crippen LogP contribution is 2.27. The first-order chi connectivity index (χ1) is 18.3. The van der Waals surface area contributed by atoms with Gasteiger partial charge in [-0.05, 0) is 55.8 Å². The van der Waals surface area contributed by atoms with Gasteiger partial charge in [0.05, 0.1) is 12.2 Å². The fourth-order valence-electron chi connectivity index (χ4n) is 4.48. The van der Waals surface area contributed by atoms with E-state index < -0.39 is 0 Å². The highest BCUT2D eigenvalue weighted by Gasteiger charge is 2.28. The smallest absolute Gasteiger partial charge is 0.256 e. The first-order valence-corrected chi connectivity index (χ1v) is 12.8. The molecular formula is C28H35FN6O3. The molecule has 2 heterocycles. The Hall–Kier alpha value is -3.76. The Morgan fingerprint density at radius 1 is 1.13 bits per heavy atom. The Morgan fingerprint density at radius 2 is 1.95 bits per heavy atom. The van der Waals surface area contributed by atoms with Gasteiger partial charge in [-0.3, -0.25) is 14.6 Å². The molecule has 1 aliphatic rings. The van der Waals surface area contributed by atoms with E-state index in [1.54, 1.807) is 23.0 Å².